The summed E-state index contributed by atoms with van der Waals surface area (Å²) in [6.45, 7) is 4.57. The van der Waals surface area contributed by atoms with E-state index < -0.39 is 0 Å². The molecule has 62 valence electrons. The molecule has 1 saturated heterocycles. The maximum Gasteiger partial charge on any atom is 0.0581 e. The van der Waals surface area contributed by atoms with Gasteiger partial charge in [-0.15, -0.1) is 0 Å². The van der Waals surface area contributed by atoms with E-state index in [2.05, 4.69) is 18.9 Å². The summed E-state index contributed by atoms with van der Waals surface area (Å²) in [4.78, 5) is 7.08. The molecule has 0 spiro atoms. The molecule has 0 aromatic carbocycles. The predicted molar refractivity (Wildman–Crippen MR) is 47.2 cm³/mol. The molecule has 0 unspecified atom stereocenters. The zero-order chi connectivity index (χ0) is 7.90. The SMILES string of the molecule is CN1CCC(=NC2(C)CC2)C1. The Morgan fingerprint density at radius 2 is 2.18 bits per heavy atom. The molecule has 2 nitrogen and oxygen atoms in total. The first kappa shape index (κ1) is 7.29. The quantitative estimate of drug-likeness (QED) is 0.553. The fraction of sp³-hybridized carbons (Fsp3) is 0.889. The molecule has 1 aliphatic heterocycles. The van der Waals surface area contributed by atoms with E-state index in [-0.39, 0.29) is 0 Å². The van der Waals surface area contributed by atoms with Crippen LogP contribution in [-0.4, -0.2) is 36.3 Å². The average Bonchev–Trinajstić information content (AvgIpc) is 2.49. The summed E-state index contributed by atoms with van der Waals surface area (Å²) >= 11 is 0. The van der Waals surface area contributed by atoms with E-state index in [1.807, 2.05) is 0 Å². The van der Waals surface area contributed by atoms with E-state index in [0.29, 0.717) is 5.54 Å². The summed E-state index contributed by atoms with van der Waals surface area (Å²) in [7, 11) is 2.16. The highest BCUT2D eigenvalue weighted by atomic mass is 15.1. The standard InChI is InChI=1S/C9H16N2/c1-9(4-5-9)10-8-3-6-11(2)7-8/h3-7H2,1-2H3. The molecule has 2 heteroatoms. The van der Waals surface area contributed by atoms with E-state index in [4.69, 9.17) is 4.99 Å². The second-order valence-corrected chi connectivity index (χ2v) is 4.16. The molecule has 0 amide bonds. The molecule has 1 heterocycles. The molecule has 2 aliphatic rings. The maximum atomic E-state index is 4.74. The fourth-order valence-electron chi connectivity index (χ4n) is 1.56. The molecular weight excluding hydrogens is 136 g/mol. The molecule has 0 radical (unpaired) electrons. The monoisotopic (exact) mass is 152 g/mol. The van der Waals surface area contributed by atoms with Crippen molar-refractivity contribution in [2.75, 3.05) is 20.1 Å². The lowest BCUT2D eigenvalue weighted by molar-refractivity contribution is 0.428. The van der Waals surface area contributed by atoms with Crippen LogP contribution in [0, 0.1) is 0 Å². The summed E-state index contributed by atoms with van der Waals surface area (Å²) in [5.74, 6) is 0. The zero-order valence-corrected chi connectivity index (χ0v) is 7.43. The molecule has 0 aromatic rings. The Kier molecular flexibility index (Phi) is 1.53. The van der Waals surface area contributed by atoms with Gasteiger partial charge in [0.15, 0.2) is 0 Å². The summed E-state index contributed by atoms with van der Waals surface area (Å²) in [5, 5.41) is 0. The number of likely N-dealkylation sites (tertiary alicyclic amines) is 1. The molecule has 1 aliphatic carbocycles. The number of aliphatic imine (C=N–C) groups is 1. The molecule has 2 fully saturated rings. The maximum absolute atomic E-state index is 4.74. The van der Waals surface area contributed by atoms with Gasteiger partial charge >= 0.3 is 0 Å². The van der Waals surface area contributed by atoms with Gasteiger partial charge in [0.1, 0.15) is 0 Å². The molecule has 0 N–H and O–H groups in total. The van der Waals surface area contributed by atoms with Crippen molar-refractivity contribution in [2.24, 2.45) is 4.99 Å². The van der Waals surface area contributed by atoms with Crippen molar-refractivity contribution in [1.29, 1.82) is 0 Å². The fourth-order valence-corrected chi connectivity index (χ4v) is 1.56. The molecule has 1 saturated carbocycles. The van der Waals surface area contributed by atoms with E-state index in [1.54, 1.807) is 0 Å². The normalized spacial score (nSPS) is 33.1. The van der Waals surface area contributed by atoms with Crippen molar-refractivity contribution in [3.8, 4) is 0 Å². The third-order valence-corrected chi connectivity index (χ3v) is 2.64. The highest BCUT2D eigenvalue weighted by Crippen LogP contribution is 2.39. The predicted octanol–water partition coefficient (Wildman–Crippen LogP) is 1.32. The second-order valence-electron chi connectivity index (χ2n) is 4.16. The van der Waals surface area contributed by atoms with Crippen molar-refractivity contribution in [3.05, 3.63) is 0 Å². The van der Waals surface area contributed by atoms with Gasteiger partial charge in [-0.25, -0.2) is 0 Å². The van der Waals surface area contributed by atoms with Gasteiger partial charge < -0.3 is 4.90 Å². The van der Waals surface area contributed by atoms with Gasteiger partial charge in [-0.3, -0.25) is 4.99 Å². The van der Waals surface area contributed by atoms with Crippen LogP contribution in [0.3, 0.4) is 0 Å². The lowest BCUT2D eigenvalue weighted by atomic mass is 10.3. The first-order valence-corrected chi connectivity index (χ1v) is 4.44. The average molecular weight is 152 g/mol. The lowest BCUT2D eigenvalue weighted by Gasteiger charge is -2.04. The summed E-state index contributed by atoms with van der Waals surface area (Å²) < 4.78 is 0. The van der Waals surface area contributed by atoms with Gasteiger partial charge in [0.2, 0.25) is 0 Å². The molecule has 0 aromatic heterocycles. The van der Waals surface area contributed by atoms with Gasteiger partial charge in [-0.05, 0) is 33.2 Å². The van der Waals surface area contributed by atoms with E-state index >= 15 is 0 Å². The highest BCUT2D eigenvalue weighted by Gasteiger charge is 2.37. The smallest absolute Gasteiger partial charge is 0.0581 e. The van der Waals surface area contributed by atoms with Crippen LogP contribution in [-0.2, 0) is 0 Å². The van der Waals surface area contributed by atoms with Crippen LogP contribution in [0.1, 0.15) is 26.2 Å². The van der Waals surface area contributed by atoms with Crippen LogP contribution in [0.25, 0.3) is 0 Å². The minimum absolute atomic E-state index is 0.362. The van der Waals surface area contributed by atoms with Gasteiger partial charge in [-0.2, -0.15) is 0 Å². The molecule has 0 bridgehead atoms. The summed E-state index contributed by atoms with van der Waals surface area (Å²) in [5.41, 5.74) is 1.79. The van der Waals surface area contributed by atoms with Gasteiger partial charge in [0.25, 0.3) is 0 Å². The molecule has 11 heavy (non-hydrogen) atoms. The second kappa shape index (κ2) is 2.31. The van der Waals surface area contributed by atoms with Crippen LogP contribution in [0.5, 0.6) is 0 Å². The third kappa shape index (κ3) is 1.62. The Labute approximate surface area is 68.3 Å². The van der Waals surface area contributed by atoms with Gasteiger partial charge in [0.05, 0.1) is 5.54 Å². The lowest BCUT2D eigenvalue weighted by Crippen LogP contribution is -2.14. The first-order chi connectivity index (χ1) is 5.18. The third-order valence-electron chi connectivity index (χ3n) is 2.64. The van der Waals surface area contributed by atoms with E-state index in [9.17, 15) is 0 Å². The van der Waals surface area contributed by atoms with E-state index in [0.717, 1.165) is 6.54 Å². The van der Waals surface area contributed by atoms with Crippen molar-refractivity contribution < 1.29 is 0 Å². The van der Waals surface area contributed by atoms with Crippen molar-refractivity contribution in [3.63, 3.8) is 0 Å². The zero-order valence-electron chi connectivity index (χ0n) is 7.43. The van der Waals surface area contributed by atoms with Crippen molar-refractivity contribution in [2.45, 2.75) is 31.7 Å². The Balaban J connectivity index is 1.99. The van der Waals surface area contributed by atoms with Crippen LogP contribution in [0.2, 0.25) is 0 Å². The highest BCUT2D eigenvalue weighted by molar-refractivity contribution is 5.88. The Hall–Kier alpha value is -0.370. The topological polar surface area (TPSA) is 15.6 Å². The summed E-state index contributed by atoms with van der Waals surface area (Å²) in [6.07, 6.45) is 3.81. The minimum atomic E-state index is 0.362. The van der Waals surface area contributed by atoms with Crippen LogP contribution < -0.4 is 0 Å². The number of nitrogens with zero attached hydrogens (tertiary/aromatic N) is 2. The molecular formula is C9H16N2. The van der Waals surface area contributed by atoms with E-state index in [1.165, 1.54) is 31.5 Å². The first-order valence-electron chi connectivity index (χ1n) is 4.44. The Morgan fingerprint density at radius 1 is 1.45 bits per heavy atom. The Bertz CT molecular complexity index is 192. The van der Waals surface area contributed by atoms with Crippen LogP contribution in [0.15, 0.2) is 4.99 Å². The Morgan fingerprint density at radius 3 is 2.64 bits per heavy atom. The molecule has 0 atom stereocenters. The van der Waals surface area contributed by atoms with Crippen molar-refractivity contribution >= 4 is 5.71 Å². The minimum Gasteiger partial charge on any atom is -0.301 e. The van der Waals surface area contributed by atoms with Crippen LogP contribution in [0.4, 0.5) is 0 Å². The number of hydrogen-bond acceptors (Lipinski definition) is 2. The largest absolute Gasteiger partial charge is 0.301 e. The number of rotatable bonds is 1. The molecule has 2 rings (SSSR count). The van der Waals surface area contributed by atoms with Gasteiger partial charge in [0, 0.05) is 18.8 Å². The van der Waals surface area contributed by atoms with Crippen LogP contribution >= 0.6 is 0 Å². The van der Waals surface area contributed by atoms with Crippen molar-refractivity contribution in [1.82, 2.24) is 4.90 Å². The van der Waals surface area contributed by atoms with Gasteiger partial charge in [-0.1, -0.05) is 0 Å². The summed E-state index contributed by atoms with van der Waals surface area (Å²) in [6, 6.07) is 0. The number of hydrogen-bond donors (Lipinski definition) is 0.